The van der Waals surface area contributed by atoms with Crippen LogP contribution in [0, 0.1) is 0 Å². The van der Waals surface area contributed by atoms with E-state index in [0.717, 1.165) is 43.6 Å². The van der Waals surface area contributed by atoms with Crippen LogP contribution in [0.15, 0.2) is 66.9 Å². The van der Waals surface area contributed by atoms with Crippen LogP contribution < -0.4 is 4.90 Å². The number of nitrogens with zero attached hydrogens (tertiary/aromatic N) is 3. The van der Waals surface area contributed by atoms with E-state index in [1.807, 2.05) is 12.1 Å². The van der Waals surface area contributed by atoms with Crippen molar-refractivity contribution < 1.29 is 9.90 Å². The molecule has 0 spiro atoms. The van der Waals surface area contributed by atoms with E-state index < -0.39 is 5.97 Å². The van der Waals surface area contributed by atoms with Gasteiger partial charge in [-0.2, -0.15) is 0 Å². The van der Waals surface area contributed by atoms with E-state index in [-0.39, 0.29) is 5.56 Å². The highest BCUT2D eigenvalue weighted by atomic mass is 35.5. The van der Waals surface area contributed by atoms with Crippen molar-refractivity contribution in [2.24, 2.45) is 0 Å². The van der Waals surface area contributed by atoms with Crippen LogP contribution in [0.4, 0.5) is 5.82 Å². The Morgan fingerprint density at radius 1 is 0.966 bits per heavy atom. The first-order chi connectivity index (χ1) is 14.1. The molecule has 0 atom stereocenters. The molecule has 1 N–H and O–H groups in total. The third-order valence-electron chi connectivity index (χ3n) is 5.26. The van der Waals surface area contributed by atoms with Crippen molar-refractivity contribution in [1.29, 1.82) is 0 Å². The van der Waals surface area contributed by atoms with E-state index in [4.69, 9.17) is 16.7 Å². The first-order valence-electron chi connectivity index (χ1n) is 9.60. The van der Waals surface area contributed by atoms with Gasteiger partial charge in [0.1, 0.15) is 5.82 Å². The minimum absolute atomic E-state index is 0.214. The number of rotatable bonds is 5. The van der Waals surface area contributed by atoms with Gasteiger partial charge in [-0.1, -0.05) is 48.0 Å². The molecule has 1 aliphatic heterocycles. The number of hydrogen-bond donors (Lipinski definition) is 1. The lowest BCUT2D eigenvalue weighted by Gasteiger charge is -2.35. The zero-order valence-electron chi connectivity index (χ0n) is 16.0. The van der Waals surface area contributed by atoms with Crippen LogP contribution in [0.5, 0.6) is 0 Å². The summed E-state index contributed by atoms with van der Waals surface area (Å²) < 4.78 is 0. The summed E-state index contributed by atoms with van der Waals surface area (Å²) in [4.78, 5) is 19.9. The number of anilines is 1. The summed E-state index contributed by atoms with van der Waals surface area (Å²) in [5.74, 6) is -0.121. The van der Waals surface area contributed by atoms with Crippen molar-refractivity contribution >= 4 is 23.4 Å². The van der Waals surface area contributed by atoms with Gasteiger partial charge in [-0.15, -0.1) is 0 Å². The van der Waals surface area contributed by atoms with Gasteiger partial charge >= 0.3 is 5.97 Å². The summed E-state index contributed by atoms with van der Waals surface area (Å²) in [6.07, 6.45) is 1.42. The van der Waals surface area contributed by atoms with E-state index in [1.54, 1.807) is 12.1 Å². The van der Waals surface area contributed by atoms with Crippen molar-refractivity contribution in [3.05, 3.63) is 83.0 Å². The number of halogens is 1. The van der Waals surface area contributed by atoms with Crippen molar-refractivity contribution in [3.8, 4) is 11.1 Å². The number of aromatic carboxylic acids is 1. The lowest BCUT2D eigenvalue weighted by atomic mass is 9.99. The Morgan fingerprint density at radius 3 is 2.34 bits per heavy atom. The van der Waals surface area contributed by atoms with Crippen LogP contribution in [-0.4, -0.2) is 47.1 Å². The number of hydrogen-bond acceptors (Lipinski definition) is 4. The lowest BCUT2D eigenvalue weighted by molar-refractivity contribution is 0.0696. The fourth-order valence-corrected chi connectivity index (χ4v) is 3.77. The molecule has 0 unspecified atom stereocenters. The smallest absolute Gasteiger partial charge is 0.337 e. The van der Waals surface area contributed by atoms with Crippen LogP contribution in [0.1, 0.15) is 15.9 Å². The SMILES string of the molecule is O=C(O)c1ccc(N2CCN(Cc3ccccc3-c3ccc(Cl)cc3)CC2)nc1. The minimum Gasteiger partial charge on any atom is -0.478 e. The molecule has 0 bridgehead atoms. The minimum atomic E-state index is -0.951. The van der Waals surface area contributed by atoms with Gasteiger partial charge in [0.2, 0.25) is 0 Å². The second-order valence-electron chi connectivity index (χ2n) is 7.14. The molecule has 1 fully saturated rings. The van der Waals surface area contributed by atoms with E-state index >= 15 is 0 Å². The van der Waals surface area contributed by atoms with E-state index in [0.29, 0.717) is 0 Å². The molecule has 0 aliphatic carbocycles. The van der Waals surface area contributed by atoms with Gasteiger partial charge < -0.3 is 10.0 Å². The number of pyridine rings is 1. The summed E-state index contributed by atoms with van der Waals surface area (Å²) in [6.45, 7) is 4.47. The Hall–Kier alpha value is -2.89. The molecule has 3 aromatic rings. The van der Waals surface area contributed by atoms with Crippen LogP contribution in [-0.2, 0) is 6.54 Å². The number of carboxylic acid groups (broad SMARTS) is 1. The average Bonchev–Trinajstić information content (AvgIpc) is 2.75. The summed E-state index contributed by atoms with van der Waals surface area (Å²) in [5, 5.41) is 9.76. The van der Waals surface area contributed by atoms with Crippen molar-refractivity contribution in [2.45, 2.75) is 6.54 Å². The maximum absolute atomic E-state index is 11.0. The van der Waals surface area contributed by atoms with E-state index in [9.17, 15) is 4.79 Å². The molecule has 0 amide bonds. The van der Waals surface area contributed by atoms with Gasteiger partial charge in [-0.25, -0.2) is 9.78 Å². The van der Waals surface area contributed by atoms with Gasteiger partial charge in [0, 0.05) is 43.9 Å². The Bertz CT molecular complexity index is 982. The normalized spacial score (nSPS) is 14.7. The standard InChI is InChI=1S/C23H22ClN3O2/c24-20-8-5-17(6-9-20)21-4-2-1-3-19(21)16-26-11-13-27(14-12-26)22-10-7-18(15-25-22)23(28)29/h1-10,15H,11-14,16H2,(H,28,29). The zero-order chi connectivity index (χ0) is 20.2. The third kappa shape index (κ3) is 4.58. The highest BCUT2D eigenvalue weighted by Gasteiger charge is 2.19. The van der Waals surface area contributed by atoms with Gasteiger partial charge in [0.05, 0.1) is 5.56 Å². The first-order valence-corrected chi connectivity index (χ1v) is 9.98. The summed E-state index contributed by atoms with van der Waals surface area (Å²) in [5.41, 5.74) is 3.92. The second-order valence-corrected chi connectivity index (χ2v) is 7.57. The predicted octanol–water partition coefficient (Wildman–Crippen LogP) is 4.42. The largest absolute Gasteiger partial charge is 0.478 e. The molecule has 1 aliphatic rings. The van der Waals surface area contributed by atoms with Crippen molar-refractivity contribution in [2.75, 3.05) is 31.1 Å². The number of aromatic nitrogens is 1. The van der Waals surface area contributed by atoms with Crippen molar-refractivity contribution in [3.63, 3.8) is 0 Å². The monoisotopic (exact) mass is 407 g/mol. The molecule has 4 rings (SSSR count). The van der Waals surface area contributed by atoms with E-state index in [2.05, 4.69) is 51.2 Å². The summed E-state index contributed by atoms with van der Waals surface area (Å²) in [6, 6.07) is 19.9. The molecule has 1 saturated heterocycles. The maximum Gasteiger partial charge on any atom is 0.337 e. The van der Waals surface area contributed by atoms with Gasteiger partial charge in [0.25, 0.3) is 0 Å². The van der Waals surface area contributed by atoms with Crippen LogP contribution in [0.25, 0.3) is 11.1 Å². The molecular formula is C23H22ClN3O2. The molecule has 6 heteroatoms. The molecule has 148 valence electrons. The van der Waals surface area contributed by atoms with Crippen LogP contribution >= 0.6 is 11.6 Å². The first kappa shape index (κ1) is 19.4. The highest BCUT2D eigenvalue weighted by molar-refractivity contribution is 6.30. The molecule has 2 heterocycles. The predicted molar refractivity (Wildman–Crippen MR) is 116 cm³/mol. The summed E-state index contributed by atoms with van der Waals surface area (Å²) >= 11 is 6.04. The quantitative estimate of drug-likeness (QED) is 0.678. The Labute approximate surface area is 175 Å². The fraction of sp³-hybridized carbons (Fsp3) is 0.217. The van der Waals surface area contributed by atoms with E-state index in [1.165, 1.54) is 22.9 Å². The number of carbonyl (C=O) groups is 1. The van der Waals surface area contributed by atoms with Crippen molar-refractivity contribution in [1.82, 2.24) is 9.88 Å². The third-order valence-corrected chi connectivity index (χ3v) is 5.51. The van der Waals surface area contributed by atoms with Crippen LogP contribution in [0.3, 0.4) is 0 Å². The molecule has 5 nitrogen and oxygen atoms in total. The van der Waals surface area contributed by atoms with Crippen LogP contribution in [0.2, 0.25) is 5.02 Å². The van der Waals surface area contributed by atoms with Gasteiger partial charge in [-0.05, 0) is 41.0 Å². The Kier molecular flexibility index (Phi) is 5.79. The Balaban J connectivity index is 1.41. The number of benzene rings is 2. The number of piperazine rings is 1. The molecule has 0 radical (unpaired) electrons. The molecule has 29 heavy (non-hydrogen) atoms. The molecule has 2 aromatic carbocycles. The van der Waals surface area contributed by atoms with Gasteiger partial charge in [0.15, 0.2) is 0 Å². The van der Waals surface area contributed by atoms with Gasteiger partial charge in [-0.3, -0.25) is 4.90 Å². The highest BCUT2D eigenvalue weighted by Crippen LogP contribution is 2.26. The molecular weight excluding hydrogens is 386 g/mol. The topological polar surface area (TPSA) is 56.7 Å². The Morgan fingerprint density at radius 2 is 1.69 bits per heavy atom. The molecule has 0 saturated carbocycles. The average molecular weight is 408 g/mol. The zero-order valence-corrected chi connectivity index (χ0v) is 16.7. The lowest BCUT2D eigenvalue weighted by Crippen LogP contribution is -2.46. The number of carboxylic acids is 1. The maximum atomic E-state index is 11.0. The molecule has 1 aromatic heterocycles. The fourth-order valence-electron chi connectivity index (χ4n) is 3.64. The summed E-state index contributed by atoms with van der Waals surface area (Å²) in [7, 11) is 0. The second kappa shape index (κ2) is 8.64.